The minimum atomic E-state index is 0.487. The Hall–Kier alpha value is -0.200. The fourth-order valence-corrected chi connectivity index (χ4v) is 1.59. The zero-order valence-corrected chi connectivity index (χ0v) is 8.13. The first kappa shape index (κ1) is 8.89. The van der Waals surface area contributed by atoms with Crippen LogP contribution >= 0.6 is 23.2 Å². The lowest BCUT2D eigenvalue weighted by Crippen LogP contribution is -1.86. The van der Waals surface area contributed by atoms with E-state index in [0.29, 0.717) is 5.88 Å². The van der Waals surface area contributed by atoms with Crippen LogP contribution in [-0.2, 0) is 5.88 Å². The molecule has 0 saturated carbocycles. The number of hydrogen-bond acceptors (Lipinski definition) is 0. The molecule has 60 valence electrons. The van der Waals surface area contributed by atoms with Crippen molar-refractivity contribution in [2.75, 3.05) is 0 Å². The summed E-state index contributed by atoms with van der Waals surface area (Å²) in [7, 11) is 0. The van der Waals surface area contributed by atoms with Crippen molar-refractivity contribution >= 4 is 23.2 Å². The van der Waals surface area contributed by atoms with E-state index in [1.54, 1.807) is 0 Å². The van der Waals surface area contributed by atoms with Crippen LogP contribution in [0.1, 0.15) is 16.7 Å². The van der Waals surface area contributed by atoms with Gasteiger partial charge in [0, 0.05) is 10.9 Å². The maximum absolute atomic E-state index is 5.98. The fourth-order valence-electron chi connectivity index (χ4n) is 1.14. The van der Waals surface area contributed by atoms with Crippen LogP contribution in [0.3, 0.4) is 0 Å². The van der Waals surface area contributed by atoms with E-state index in [2.05, 4.69) is 6.07 Å². The summed E-state index contributed by atoms with van der Waals surface area (Å²) < 4.78 is 0. The van der Waals surface area contributed by atoms with Crippen LogP contribution in [0.2, 0.25) is 5.02 Å². The van der Waals surface area contributed by atoms with Crippen molar-refractivity contribution < 1.29 is 0 Å². The Labute approximate surface area is 77.1 Å². The van der Waals surface area contributed by atoms with E-state index in [1.165, 1.54) is 5.56 Å². The average molecular weight is 189 g/mol. The number of hydrogen-bond donors (Lipinski definition) is 0. The Morgan fingerprint density at radius 2 is 1.91 bits per heavy atom. The summed E-state index contributed by atoms with van der Waals surface area (Å²) in [5.41, 5.74) is 3.33. The first-order valence-corrected chi connectivity index (χ1v) is 4.38. The van der Waals surface area contributed by atoms with Gasteiger partial charge in [-0.05, 0) is 25.0 Å². The van der Waals surface area contributed by atoms with E-state index in [0.717, 1.165) is 16.1 Å². The molecule has 2 heteroatoms. The van der Waals surface area contributed by atoms with E-state index < -0.39 is 0 Å². The summed E-state index contributed by atoms with van der Waals surface area (Å²) in [4.78, 5) is 0. The molecule has 1 aromatic rings. The predicted octanol–water partition coefficient (Wildman–Crippen LogP) is 3.70. The lowest BCUT2D eigenvalue weighted by atomic mass is 10.1. The van der Waals surface area contributed by atoms with Gasteiger partial charge in [0.05, 0.1) is 0 Å². The largest absolute Gasteiger partial charge is 0.121 e. The fraction of sp³-hybridized carbons (Fsp3) is 0.333. The van der Waals surface area contributed by atoms with E-state index in [9.17, 15) is 0 Å². The van der Waals surface area contributed by atoms with E-state index in [4.69, 9.17) is 23.2 Å². The third kappa shape index (κ3) is 1.88. The second-order valence-electron chi connectivity index (χ2n) is 2.69. The lowest BCUT2D eigenvalue weighted by Gasteiger charge is -2.04. The summed E-state index contributed by atoms with van der Waals surface area (Å²) in [6.45, 7) is 4.03. The van der Waals surface area contributed by atoms with Gasteiger partial charge in [-0.15, -0.1) is 11.6 Å². The Morgan fingerprint density at radius 3 is 2.45 bits per heavy atom. The second kappa shape index (κ2) is 3.46. The molecule has 0 spiro atoms. The van der Waals surface area contributed by atoms with Gasteiger partial charge in [0.2, 0.25) is 0 Å². The molecule has 0 aromatic heterocycles. The first-order chi connectivity index (χ1) is 5.15. The van der Waals surface area contributed by atoms with Gasteiger partial charge in [0.1, 0.15) is 0 Å². The highest BCUT2D eigenvalue weighted by molar-refractivity contribution is 6.33. The van der Waals surface area contributed by atoms with Crippen LogP contribution in [-0.4, -0.2) is 0 Å². The zero-order chi connectivity index (χ0) is 8.43. The van der Waals surface area contributed by atoms with Gasteiger partial charge < -0.3 is 0 Å². The van der Waals surface area contributed by atoms with Crippen LogP contribution in [0.25, 0.3) is 0 Å². The normalized spacial score (nSPS) is 10.2. The van der Waals surface area contributed by atoms with Crippen LogP contribution in [0.15, 0.2) is 12.1 Å². The number of halogens is 2. The highest BCUT2D eigenvalue weighted by Gasteiger charge is 2.02. The lowest BCUT2D eigenvalue weighted by molar-refractivity contribution is 1.29. The maximum atomic E-state index is 5.98. The van der Waals surface area contributed by atoms with Crippen LogP contribution in [0.5, 0.6) is 0 Å². The van der Waals surface area contributed by atoms with Gasteiger partial charge in [0.15, 0.2) is 0 Å². The van der Waals surface area contributed by atoms with Crippen molar-refractivity contribution in [2.24, 2.45) is 0 Å². The zero-order valence-electron chi connectivity index (χ0n) is 6.62. The molecule has 0 heterocycles. The Balaban J connectivity index is 3.24. The Bertz CT molecular complexity index is 267. The number of benzene rings is 1. The maximum Gasteiger partial charge on any atom is 0.0489 e. The number of alkyl halides is 1. The molecular formula is C9H10Cl2. The summed E-state index contributed by atoms with van der Waals surface area (Å²) in [6.07, 6.45) is 0. The van der Waals surface area contributed by atoms with E-state index in [-0.39, 0.29) is 0 Å². The molecule has 0 bridgehead atoms. The monoisotopic (exact) mass is 188 g/mol. The van der Waals surface area contributed by atoms with Crippen molar-refractivity contribution in [1.82, 2.24) is 0 Å². The van der Waals surface area contributed by atoms with Crippen molar-refractivity contribution in [1.29, 1.82) is 0 Å². The van der Waals surface area contributed by atoms with Crippen molar-refractivity contribution in [2.45, 2.75) is 19.7 Å². The van der Waals surface area contributed by atoms with Crippen molar-refractivity contribution in [3.8, 4) is 0 Å². The minimum absolute atomic E-state index is 0.487. The highest BCUT2D eigenvalue weighted by atomic mass is 35.5. The van der Waals surface area contributed by atoms with E-state index in [1.807, 2.05) is 19.9 Å². The van der Waals surface area contributed by atoms with E-state index >= 15 is 0 Å². The Kier molecular flexibility index (Phi) is 2.80. The standard InChI is InChI=1S/C9H10Cl2/c1-6-3-7(2)9(11)8(4-6)5-10/h3-4H,5H2,1-2H3. The van der Waals surface area contributed by atoms with Crippen molar-refractivity contribution in [3.05, 3.63) is 33.8 Å². The molecule has 0 aliphatic carbocycles. The Morgan fingerprint density at radius 1 is 1.27 bits per heavy atom. The van der Waals surface area contributed by atoms with Gasteiger partial charge in [-0.2, -0.15) is 0 Å². The molecule has 0 nitrogen and oxygen atoms in total. The SMILES string of the molecule is Cc1cc(C)c(Cl)c(CCl)c1. The molecule has 0 aliphatic rings. The topological polar surface area (TPSA) is 0 Å². The summed E-state index contributed by atoms with van der Waals surface area (Å²) in [6, 6.07) is 4.07. The number of rotatable bonds is 1. The van der Waals surface area contributed by atoms with Gasteiger partial charge in [-0.1, -0.05) is 29.3 Å². The molecule has 0 saturated heterocycles. The minimum Gasteiger partial charge on any atom is -0.121 e. The van der Waals surface area contributed by atoms with Gasteiger partial charge in [-0.25, -0.2) is 0 Å². The van der Waals surface area contributed by atoms with Crippen LogP contribution in [0, 0.1) is 13.8 Å². The van der Waals surface area contributed by atoms with Gasteiger partial charge in [0.25, 0.3) is 0 Å². The molecule has 0 radical (unpaired) electrons. The summed E-state index contributed by atoms with van der Waals surface area (Å²) >= 11 is 11.7. The quantitative estimate of drug-likeness (QED) is 0.591. The first-order valence-electron chi connectivity index (χ1n) is 3.46. The van der Waals surface area contributed by atoms with Gasteiger partial charge >= 0.3 is 0 Å². The van der Waals surface area contributed by atoms with Crippen LogP contribution < -0.4 is 0 Å². The molecule has 1 rings (SSSR count). The van der Waals surface area contributed by atoms with Crippen molar-refractivity contribution in [3.63, 3.8) is 0 Å². The smallest absolute Gasteiger partial charge is 0.0489 e. The second-order valence-corrected chi connectivity index (χ2v) is 3.33. The molecular weight excluding hydrogens is 179 g/mol. The molecule has 0 unspecified atom stereocenters. The number of aryl methyl sites for hydroxylation is 2. The molecule has 0 aliphatic heterocycles. The molecule has 0 fully saturated rings. The predicted molar refractivity (Wildman–Crippen MR) is 50.5 cm³/mol. The summed E-state index contributed by atoms with van der Waals surface area (Å²) in [5.74, 6) is 0.487. The average Bonchev–Trinajstić information content (AvgIpc) is 1.96. The molecule has 0 N–H and O–H groups in total. The molecule has 0 atom stereocenters. The van der Waals surface area contributed by atoms with Gasteiger partial charge in [-0.3, -0.25) is 0 Å². The molecule has 1 aromatic carbocycles. The molecule has 0 amide bonds. The summed E-state index contributed by atoms with van der Waals surface area (Å²) in [5, 5.41) is 0.797. The molecule has 11 heavy (non-hydrogen) atoms. The van der Waals surface area contributed by atoms with Crippen LogP contribution in [0.4, 0.5) is 0 Å². The third-order valence-electron chi connectivity index (χ3n) is 1.62. The highest BCUT2D eigenvalue weighted by Crippen LogP contribution is 2.23. The third-order valence-corrected chi connectivity index (χ3v) is 2.45.